The van der Waals surface area contributed by atoms with Crippen molar-refractivity contribution in [2.24, 2.45) is 7.05 Å². The molecular weight excluding hydrogens is 414 g/mol. The van der Waals surface area contributed by atoms with Crippen LogP contribution in [0.15, 0.2) is 53.4 Å². The van der Waals surface area contributed by atoms with E-state index in [4.69, 9.17) is 9.15 Å². The Morgan fingerprint density at radius 2 is 2.03 bits per heavy atom. The number of hydrogen-bond donors (Lipinski definition) is 1. The lowest BCUT2D eigenvalue weighted by Gasteiger charge is -2.10. The molecule has 0 bridgehead atoms. The number of ether oxygens (including phenoxy) is 1. The van der Waals surface area contributed by atoms with Gasteiger partial charge in [0.15, 0.2) is 18.0 Å². The summed E-state index contributed by atoms with van der Waals surface area (Å²) in [7, 11) is 1.68. The first-order chi connectivity index (χ1) is 15.3. The summed E-state index contributed by atoms with van der Waals surface area (Å²) in [4.78, 5) is 41.7. The zero-order chi connectivity index (χ0) is 22.8. The number of nitrogens with zero attached hydrogens (tertiary/aromatic N) is 4. The first-order valence-electron chi connectivity index (χ1n) is 9.90. The van der Waals surface area contributed by atoms with Gasteiger partial charge in [-0.3, -0.25) is 14.9 Å². The molecule has 0 fully saturated rings. The Kier molecular flexibility index (Phi) is 5.59. The summed E-state index contributed by atoms with van der Waals surface area (Å²) in [6.45, 7) is 3.27. The Bertz CT molecular complexity index is 1300. The third kappa shape index (κ3) is 4.02. The number of carbonyl (C=O) groups excluding carboxylic acids is 3. The highest BCUT2D eigenvalue weighted by molar-refractivity contribution is 6.06. The molecule has 0 atom stereocenters. The minimum Gasteiger partial charge on any atom is -0.463 e. The van der Waals surface area contributed by atoms with Crippen LogP contribution in [0.4, 0.5) is 0 Å². The van der Waals surface area contributed by atoms with Gasteiger partial charge in [-0.1, -0.05) is 0 Å². The molecule has 0 aliphatic carbocycles. The first kappa shape index (κ1) is 21.0. The molecule has 32 heavy (non-hydrogen) atoms. The maximum Gasteiger partial charge on any atom is 0.339 e. The van der Waals surface area contributed by atoms with Gasteiger partial charge in [-0.05, 0) is 44.2 Å². The largest absolute Gasteiger partial charge is 0.463 e. The van der Waals surface area contributed by atoms with Crippen LogP contribution < -0.4 is 5.32 Å². The smallest absolute Gasteiger partial charge is 0.339 e. The number of pyridine rings is 1. The Morgan fingerprint density at radius 1 is 1.22 bits per heavy atom. The number of aromatic nitrogens is 4. The molecule has 0 aromatic carbocycles. The minimum atomic E-state index is -0.741. The van der Waals surface area contributed by atoms with Gasteiger partial charge in [-0.2, -0.15) is 5.10 Å². The van der Waals surface area contributed by atoms with Crippen LogP contribution in [0.1, 0.15) is 40.7 Å². The number of imide groups is 1. The number of carbonyl (C=O) groups is 3. The van der Waals surface area contributed by atoms with Crippen molar-refractivity contribution in [3.8, 4) is 11.5 Å². The standard InChI is InChI=1S/C22H21N5O5/c1-13(2)27-20-15(11-23-27)14(10-16(24-20)18-7-5-9-31-18)22(30)32-12-19(28)25-21(29)17-6-4-8-26(17)3/h4-11,13H,12H2,1-3H3,(H,25,28,29). The predicted octanol–water partition coefficient (Wildman–Crippen LogP) is 2.72. The van der Waals surface area contributed by atoms with Crippen LogP contribution in [0.5, 0.6) is 0 Å². The van der Waals surface area contributed by atoms with E-state index in [1.165, 1.54) is 18.5 Å². The first-order valence-corrected chi connectivity index (χ1v) is 9.90. The summed E-state index contributed by atoms with van der Waals surface area (Å²) >= 11 is 0. The number of fused-ring (bicyclic) bond motifs is 1. The molecule has 0 spiro atoms. The fourth-order valence-corrected chi connectivity index (χ4v) is 3.25. The molecule has 0 saturated carbocycles. The Balaban J connectivity index is 1.56. The van der Waals surface area contributed by atoms with Crippen molar-refractivity contribution in [1.29, 1.82) is 0 Å². The van der Waals surface area contributed by atoms with Gasteiger partial charge in [0.2, 0.25) is 0 Å². The second kappa shape index (κ2) is 8.50. The van der Waals surface area contributed by atoms with Crippen molar-refractivity contribution >= 4 is 28.8 Å². The van der Waals surface area contributed by atoms with Crippen LogP contribution in [-0.4, -0.2) is 43.7 Å². The van der Waals surface area contributed by atoms with Crippen LogP contribution >= 0.6 is 0 Å². The average Bonchev–Trinajstić information content (AvgIpc) is 3.51. The number of aryl methyl sites for hydroxylation is 1. The highest BCUT2D eigenvalue weighted by Gasteiger charge is 2.21. The number of nitrogens with one attached hydrogen (secondary N) is 1. The number of hydrogen-bond acceptors (Lipinski definition) is 7. The number of rotatable bonds is 6. The monoisotopic (exact) mass is 435 g/mol. The Hall–Kier alpha value is -4.21. The molecule has 0 saturated heterocycles. The quantitative estimate of drug-likeness (QED) is 0.462. The number of esters is 1. The summed E-state index contributed by atoms with van der Waals surface area (Å²) in [6, 6.07) is 8.23. The lowest BCUT2D eigenvalue weighted by Crippen LogP contribution is -2.35. The fraction of sp³-hybridized carbons (Fsp3) is 0.227. The van der Waals surface area contributed by atoms with E-state index < -0.39 is 24.4 Å². The van der Waals surface area contributed by atoms with Crippen LogP contribution in [0.2, 0.25) is 0 Å². The SMILES string of the molecule is CC(C)n1ncc2c(C(=O)OCC(=O)NC(=O)c3cccn3C)cc(-c3ccco3)nc21. The van der Waals surface area contributed by atoms with E-state index in [1.807, 2.05) is 13.8 Å². The van der Waals surface area contributed by atoms with Crippen molar-refractivity contribution in [3.05, 3.63) is 60.2 Å². The van der Waals surface area contributed by atoms with Crippen LogP contribution in [0.25, 0.3) is 22.5 Å². The summed E-state index contributed by atoms with van der Waals surface area (Å²) in [5.41, 5.74) is 1.42. The van der Waals surface area contributed by atoms with Gasteiger partial charge in [0.1, 0.15) is 11.4 Å². The van der Waals surface area contributed by atoms with Crippen LogP contribution in [0.3, 0.4) is 0 Å². The summed E-state index contributed by atoms with van der Waals surface area (Å²) in [5, 5.41) is 7.01. The summed E-state index contributed by atoms with van der Waals surface area (Å²) < 4.78 is 13.9. The van der Waals surface area contributed by atoms with E-state index in [2.05, 4.69) is 15.4 Å². The highest BCUT2D eigenvalue weighted by atomic mass is 16.5. The van der Waals surface area contributed by atoms with Gasteiger partial charge < -0.3 is 13.7 Å². The second-order valence-electron chi connectivity index (χ2n) is 7.41. The molecular formula is C22H21N5O5. The van der Waals surface area contributed by atoms with E-state index in [1.54, 1.807) is 46.8 Å². The Morgan fingerprint density at radius 3 is 2.69 bits per heavy atom. The number of furan rings is 1. The molecule has 164 valence electrons. The zero-order valence-corrected chi connectivity index (χ0v) is 17.7. The lowest BCUT2D eigenvalue weighted by molar-refractivity contribution is -0.123. The molecule has 0 aliphatic heterocycles. The van der Waals surface area contributed by atoms with E-state index >= 15 is 0 Å². The number of amides is 2. The van der Waals surface area contributed by atoms with Gasteiger partial charge in [-0.25, -0.2) is 14.5 Å². The highest BCUT2D eigenvalue weighted by Crippen LogP contribution is 2.27. The molecule has 2 amide bonds. The van der Waals surface area contributed by atoms with E-state index in [0.717, 1.165) is 0 Å². The zero-order valence-electron chi connectivity index (χ0n) is 17.7. The molecule has 0 radical (unpaired) electrons. The van der Waals surface area contributed by atoms with E-state index in [9.17, 15) is 14.4 Å². The van der Waals surface area contributed by atoms with Crippen LogP contribution in [-0.2, 0) is 16.6 Å². The third-order valence-corrected chi connectivity index (χ3v) is 4.81. The summed E-state index contributed by atoms with van der Waals surface area (Å²) in [6.07, 6.45) is 4.72. The van der Waals surface area contributed by atoms with Crippen molar-refractivity contribution in [1.82, 2.24) is 24.6 Å². The summed E-state index contributed by atoms with van der Waals surface area (Å²) in [5.74, 6) is -1.58. The molecule has 4 heterocycles. The van der Waals surface area contributed by atoms with Crippen LogP contribution in [0, 0.1) is 0 Å². The molecule has 10 heteroatoms. The minimum absolute atomic E-state index is 0.00465. The van der Waals surface area contributed by atoms with Crippen molar-refractivity contribution < 1.29 is 23.5 Å². The van der Waals surface area contributed by atoms with Crippen molar-refractivity contribution in [3.63, 3.8) is 0 Å². The molecule has 4 aromatic heterocycles. The predicted molar refractivity (Wildman–Crippen MR) is 114 cm³/mol. The molecule has 4 aromatic rings. The van der Waals surface area contributed by atoms with Gasteiger partial charge in [-0.15, -0.1) is 0 Å². The van der Waals surface area contributed by atoms with E-state index in [-0.39, 0.29) is 11.6 Å². The van der Waals surface area contributed by atoms with Gasteiger partial charge in [0.05, 0.1) is 23.4 Å². The second-order valence-corrected chi connectivity index (χ2v) is 7.41. The lowest BCUT2D eigenvalue weighted by atomic mass is 10.1. The van der Waals surface area contributed by atoms with Gasteiger partial charge >= 0.3 is 5.97 Å². The van der Waals surface area contributed by atoms with Crippen molar-refractivity contribution in [2.45, 2.75) is 19.9 Å². The maximum atomic E-state index is 12.8. The normalized spacial score (nSPS) is 11.1. The van der Waals surface area contributed by atoms with Crippen molar-refractivity contribution in [2.75, 3.05) is 6.61 Å². The fourth-order valence-electron chi connectivity index (χ4n) is 3.25. The van der Waals surface area contributed by atoms with E-state index in [0.29, 0.717) is 28.2 Å². The molecule has 1 N–H and O–H groups in total. The topological polar surface area (TPSA) is 121 Å². The molecule has 10 nitrogen and oxygen atoms in total. The molecule has 0 aliphatic rings. The molecule has 0 unspecified atom stereocenters. The van der Waals surface area contributed by atoms with Gasteiger partial charge in [0.25, 0.3) is 11.8 Å². The third-order valence-electron chi connectivity index (χ3n) is 4.81. The maximum absolute atomic E-state index is 12.8. The Labute approximate surface area is 182 Å². The molecule has 4 rings (SSSR count). The van der Waals surface area contributed by atoms with Gasteiger partial charge in [0, 0.05) is 19.3 Å². The average molecular weight is 435 g/mol.